The molecule has 7 heteroatoms. The van der Waals surface area contributed by atoms with E-state index in [1.54, 1.807) is 0 Å². The number of nitrogens with one attached hydrogen (secondary N) is 1. The van der Waals surface area contributed by atoms with E-state index in [0.717, 1.165) is 48.1 Å². The van der Waals surface area contributed by atoms with Gasteiger partial charge in [0.05, 0.1) is 5.69 Å². The second-order valence-corrected chi connectivity index (χ2v) is 6.85. The molecule has 1 amide bonds. The predicted octanol–water partition coefficient (Wildman–Crippen LogP) is 2.07. The Hall–Kier alpha value is -2.18. The molecule has 7 nitrogen and oxygen atoms in total. The Morgan fingerprint density at radius 1 is 1.38 bits per heavy atom. The summed E-state index contributed by atoms with van der Waals surface area (Å²) in [6, 6.07) is 0.142. The van der Waals surface area contributed by atoms with Crippen LogP contribution in [0.4, 0.5) is 0 Å². The van der Waals surface area contributed by atoms with Crippen LogP contribution in [0.25, 0.3) is 0 Å². The lowest BCUT2D eigenvalue weighted by Crippen LogP contribution is -2.41. The standard InChI is InChI=1S/C17H25N5O2/c1-10(2)17-20-19-15-7-5-13(9-22(15)17)18-16(23)8-6-14-11(3)21-24-12(14)4/h10,13H,5-9H2,1-4H3,(H,18,23)/t13-/m0/s1. The summed E-state index contributed by atoms with van der Waals surface area (Å²) in [5, 5.41) is 15.6. The number of aromatic nitrogens is 4. The third kappa shape index (κ3) is 3.34. The van der Waals surface area contributed by atoms with Gasteiger partial charge in [0, 0.05) is 36.9 Å². The largest absolute Gasteiger partial charge is 0.361 e. The van der Waals surface area contributed by atoms with Crippen molar-refractivity contribution < 1.29 is 9.32 Å². The lowest BCUT2D eigenvalue weighted by molar-refractivity contribution is -0.122. The average molecular weight is 331 g/mol. The van der Waals surface area contributed by atoms with Crippen LogP contribution in [0.5, 0.6) is 0 Å². The molecule has 0 radical (unpaired) electrons. The molecule has 0 aliphatic carbocycles. The third-order valence-corrected chi connectivity index (χ3v) is 4.64. The highest BCUT2D eigenvalue weighted by Gasteiger charge is 2.25. The molecule has 2 aromatic heterocycles. The Morgan fingerprint density at radius 2 is 2.17 bits per heavy atom. The zero-order valence-corrected chi connectivity index (χ0v) is 14.8. The molecule has 1 aliphatic rings. The Kier molecular flexibility index (Phi) is 4.69. The van der Waals surface area contributed by atoms with Crippen LogP contribution < -0.4 is 5.32 Å². The van der Waals surface area contributed by atoms with E-state index >= 15 is 0 Å². The van der Waals surface area contributed by atoms with E-state index in [0.29, 0.717) is 18.8 Å². The predicted molar refractivity (Wildman–Crippen MR) is 88.7 cm³/mol. The fourth-order valence-corrected chi connectivity index (χ4v) is 3.29. The zero-order chi connectivity index (χ0) is 17.3. The van der Waals surface area contributed by atoms with Gasteiger partial charge in [-0.1, -0.05) is 19.0 Å². The van der Waals surface area contributed by atoms with Crippen molar-refractivity contribution in [1.82, 2.24) is 25.2 Å². The summed E-state index contributed by atoms with van der Waals surface area (Å²) in [4.78, 5) is 12.3. The Labute approximate surface area is 141 Å². The normalized spacial score (nSPS) is 17.1. The summed E-state index contributed by atoms with van der Waals surface area (Å²) in [6.45, 7) is 8.78. The highest BCUT2D eigenvalue weighted by molar-refractivity contribution is 5.76. The lowest BCUT2D eigenvalue weighted by Gasteiger charge is -2.26. The van der Waals surface area contributed by atoms with Crippen molar-refractivity contribution in [2.75, 3.05) is 0 Å². The maximum atomic E-state index is 12.3. The molecule has 1 N–H and O–H groups in total. The van der Waals surface area contributed by atoms with Crippen LogP contribution >= 0.6 is 0 Å². The van der Waals surface area contributed by atoms with Gasteiger partial charge in [-0.05, 0) is 26.7 Å². The molecule has 24 heavy (non-hydrogen) atoms. The monoisotopic (exact) mass is 331 g/mol. The first-order valence-electron chi connectivity index (χ1n) is 8.58. The molecule has 130 valence electrons. The highest BCUT2D eigenvalue weighted by atomic mass is 16.5. The van der Waals surface area contributed by atoms with Crippen molar-refractivity contribution in [3.8, 4) is 0 Å². The average Bonchev–Trinajstić information content (AvgIpc) is 3.09. The molecule has 3 heterocycles. The van der Waals surface area contributed by atoms with Crippen molar-refractivity contribution in [3.63, 3.8) is 0 Å². The zero-order valence-electron chi connectivity index (χ0n) is 14.8. The first-order chi connectivity index (χ1) is 11.5. The minimum Gasteiger partial charge on any atom is -0.361 e. The van der Waals surface area contributed by atoms with Crippen LogP contribution in [-0.4, -0.2) is 31.9 Å². The fraction of sp³-hybridized carbons (Fsp3) is 0.647. The van der Waals surface area contributed by atoms with Gasteiger partial charge >= 0.3 is 0 Å². The number of carbonyl (C=O) groups excluding carboxylic acids is 1. The summed E-state index contributed by atoms with van der Waals surface area (Å²) in [5.74, 6) is 3.23. The molecule has 0 unspecified atom stereocenters. The number of nitrogens with zero attached hydrogens (tertiary/aromatic N) is 4. The number of aryl methyl sites for hydroxylation is 3. The van der Waals surface area contributed by atoms with Gasteiger partial charge in [-0.15, -0.1) is 10.2 Å². The van der Waals surface area contributed by atoms with Gasteiger partial charge in [0.1, 0.15) is 17.4 Å². The number of fused-ring (bicyclic) bond motifs is 1. The maximum Gasteiger partial charge on any atom is 0.220 e. The SMILES string of the molecule is Cc1noc(C)c1CCC(=O)N[C@H]1CCc2nnc(C(C)C)n2C1. The number of hydrogen-bond donors (Lipinski definition) is 1. The van der Waals surface area contributed by atoms with Gasteiger partial charge in [0.2, 0.25) is 5.91 Å². The summed E-state index contributed by atoms with van der Waals surface area (Å²) in [7, 11) is 0. The summed E-state index contributed by atoms with van der Waals surface area (Å²) >= 11 is 0. The van der Waals surface area contributed by atoms with Crippen LogP contribution in [0.15, 0.2) is 4.52 Å². The van der Waals surface area contributed by atoms with Crippen molar-refractivity contribution in [2.24, 2.45) is 0 Å². The van der Waals surface area contributed by atoms with E-state index < -0.39 is 0 Å². The number of carbonyl (C=O) groups is 1. The Balaban J connectivity index is 1.57. The Bertz CT molecular complexity index is 712. The Morgan fingerprint density at radius 3 is 2.83 bits per heavy atom. The molecule has 0 saturated carbocycles. The highest BCUT2D eigenvalue weighted by Crippen LogP contribution is 2.20. The molecule has 0 bridgehead atoms. The first-order valence-corrected chi connectivity index (χ1v) is 8.58. The topological polar surface area (TPSA) is 85.8 Å². The van der Waals surface area contributed by atoms with Crippen LogP contribution in [0.2, 0.25) is 0 Å². The maximum absolute atomic E-state index is 12.3. The van der Waals surface area contributed by atoms with E-state index in [1.165, 1.54) is 0 Å². The van der Waals surface area contributed by atoms with Gasteiger partial charge in [0.25, 0.3) is 0 Å². The van der Waals surface area contributed by atoms with Gasteiger partial charge in [0.15, 0.2) is 0 Å². The molecule has 0 aromatic carbocycles. The summed E-state index contributed by atoms with van der Waals surface area (Å²) < 4.78 is 7.30. The molecule has 1 atom stereocenters. The molecular weight excluding hydrogens is 306 g/mol. The van der Waals surface area contributed by atoms with Crippen molar-refractivity contribution in [1.29, 1.82) is 0 Å². The van der Waals surface area contributed by atoms with Crippen LogP contribution in [0.1, 0.15) is 61.3 Å². The van der Waals surface area contributed by atoms with Crippen LogP contribution in [0.3, 0.4) is 0 Å². The molecule has 3 rings (SSSR count). The minimum absolute atomic E-state index is 0.0719. The number of rotatable bonds is 5. The van der Waals surface area contributed by atoms with E-state index in [9.17, 15) is 4.79 Å². The van der Waals surface area contributed by atoms with Crippen LogP contribution in [0, 0.1) is 13.8 Å². The van der Waals surface area contributed by atoms with Crippen molar-refractivity contribution in [2.45, 2.75) is 71.9 Å². The quantitative estimate of drug-likeness (QED) is 0.906. The fourth-order valence-electron chi connectivity index (χ4n) is 3.29. The number of hydrogen-bond acceptors (Lipinski definition) is 5. The second kappa shape index (κ2) is 6.75. The van der Waals surface area contributed by atoms with Crippen molar-refractivity contribution >= 4 is 5.91 Å². The minimum atomic E-state index is 0.0719. The van der Waals surface area contributed by atoms with Gasteiger partial charge in [-0.2, -0.15) is 0 Å². The molecule has 1 aliphatic heterocycles. The van der Waals surface area contributed by atoms with Crippen molar-refractivity contribution in [3.05, 3.63) is 28.7 Å². The smallest absolute Gasteiger partial charge is 0.220 e. The van der Waals surface area contributed by atoms with Gasteiger partial charge < -0.3 is 14.4 Å². The van der Waals surface area contributed by atoms with Gasteiger partial charge in [-0.3, -0.25) is 4.79 Å². The van der Waals surface area contributed by atoms with Gasteiger partial charge in [-0.25, -0.2) is 0 Å². The molecule has 0 fully saturated rings. The molecule has 0 spiro atoms. The molecule has 2 aromatic rings. The lowest BCUT2D eigenvalue weighted by atomic mass is 10.0. The molecule has 0 saturated heterocycles. The molecular formula is C17H25N5O2. The number of amides is 1. The van der Waals surface area contributed by atoms with Crippen LogP contribution in [-0.2, 0) is 24.2 Å². The van der Waals surface area contributed by atoms with E-state index in [4.69, 9.17) is 4.52 Å². The third-order valence-electron chi connectivity index (χ3n) is 4.64. The van der Waals surface area contributed by atoms with E-state index in [-0.39, 0.29) is 11.9 Å². The summed E-state index contributed by atoms with van der Waals surface area (Å²) in [5.41, 5.74) is 1.91. The first kappa shape index (κ1) is 16.7. The van der Waals surface area contributed by atoms with E-state index in [2.05, 4.69) is 39.1 Å². The summed E-state index contributed by atoms with van der Waals surface area (Å²) in [6.07, 6.45) is 2.88. The van der Waals surface area contributed by atoms with E-state index in [1.807, 2.05) is 13.8 Å². The second-order valence-electron chi connectivity index (χ2n) is 6.85.